The van der Waals surface area contributed by atoms with Crippen LogP contribution in [0.5, 0.6) is 11.5 Å². The van der Waals surface area contributed by atoms with Crippen molar-refractivity contribution >= 4 is 37.8 Å². The third-order valence-electron chi connectivity index (χ3n) is 5.25. The van der Waals surface area contributed by atoms with E-state index in [4.69, 9.17) is 9.47 Å². The van der Waals surface area contributed by atoms with Crippen molar-refractivity contribution in [1.29, 1.82) is 0 Å². The molecule has 0 amide bonds. The fourth-order valence-corrected chi connectivity index (χ4v) is 4.08. The van der Waals surface area contributed by atoms with Gasteiger partial charge in [0.1, 0.15) is 11.5 Å². The molecule has 0 aromatic heterocycles. The predicted octanol–water partition coefficient (Wildman–Crippen LogP) is 7.38. The molecule has 0 saturated heterocycles. The van der Waals surface area contributed by atoms with E-state index in [0.29, 0.717) is 12.2 Å². The Hall–Kier alpha value is -2.03. The largest absolute Gasteiger partial charge is 0.457 e. The number of allylic oxidation sites excluding steroid dienone is 1. The van der Waals surface area contributed by atoms with Gasteiger partial charge in [-0.3, -0.25) is 4.79 Å². The van der Waals surface area contributed by atoms with Crippen molar-refractivity contribution < 1.29 is 14.3 Å². The molecule has 1 aliphatic rings. The van der Waals surface area contributed by atoms with Gasteiger partial charge in [-0.2, -0.15) is 0 Å². The van der Waals surface area contributed by atoms with Gasteiger partial charge in [0.05, 0.1) is 9.31 Å². The highest BCUT2D eigenvalue weighted by Gasteiger charge is 2.61. The second-order valence-corrected chi connectivity index (χ2v) is 10.5. The molecule has 1 fully saturated rings. The van der Waals surface area contributed by atoms with Gasteiger partial charge in [0.15, 0.2) is 6.10 Å². The summed E-state index contributed by atoms with van der Waals surface area (Å²) in [6, 6.07) is 17.1. The number of benzene rings is 2. The van der Waals surface area contributed by atoms with Crippen molar-refractivity contribution in [2.45, 2.75) is 33.3 Å². The van der Waals surface area contributed by atoms with Crippen LogP contribution in [0.4, 0.5) is 0 Å². The molecular weight excluding hydrogens is 508 g/mol. The van der Waals surface area contributed by atoms with Crippen molar-refractivity contribution in [2.75, 3.05) is 0 Å². The average Bonchev–Trinajstić information content (AvgIpc) is 3.25. The van der Waals surface area contributed by atoms with Gasteiger partial charge in [0.25, 0.3) is 0 Å². The van der Waals surface area contributed by atoms with E-state index in [9.17, 15) is 4.79 Å². The number of rotatable bonds is 6. The Morgan fingerprint density at radius 3 is 2.50 bits per heavy atom. The minimum Gasteiger partial charge on any atom is -0.457 e. The minimum atomic E-state index is -0.634. The molecule has 0 bridgehead atoms. The quantitative estimate of drug-likeness (QED) is 0.288. The van der Waals surface area contributed by atoms with E-state index >= 15 is 0 Å². The van der Waals surface area contributed by atoms with Crippen LogP contribution < -0.4 is 4.74 Å². The van der Waals surface area contributed by atoms with E-state index in [1.807, 2.05) is 67.6 Å². The molecule has 0 unspecified atom stereocenters. The lowest BCUT2D eigenvalue weighted by Gasteiger charge is -2.15. The normalized spacial score (nSPS) is 19.6. The highest BCUT2D eigenvalue weighted by atomic mass is 79.9. The summed E-state index contributed by atoms with van der Waals surface area (Å²) >= 11 is 6.78. The molecule has 0 heterocycles. The standard InChI is InChI=1S/C25H24Br2O3/c1-4-5-14-21(30-24(28)23-20(16-22(26)27)25(23,2)3)17-10-9-13-19(15-17)29-18-11-7-6-8-12-18/h6-13,15-16,20-21,23H,4H2,1-3H3/t20-,21+,23-/m0/s1. The molecule has 0 aliphatic heterocycles. The molecule has 2 aromatic rings. The van der Waals surface area contributed by atoms with Gasteiger partial charge in [-0.05, 0) is 67.5 Å². The molecule has 3 nitrogen and oxygen atoms in total. The molecule has 30 heavy (non-hydrogen) atoms. The van der Waals surface area contributed by atoms with Crippen LogP contribution in [0.3, 0.4) is 0 Å². The van der Waals surface area contributed by atoms with Crippen LogP contribution in [0.1, 0.15) is 38.9 Å². The fourth-order valence-electron chi connectivity index (χ4n) is 3.51. The zero-order chi connectivity index (χ0) is 21.7. The molecule has 3 atom stereocenters. The van der Waals surface area contributed by atoms with Crippen molar-refractivity contribution in [3.8, 4) is 23.3 Å². The summed E-state index contributed by atoms with van der Waals surface area (Å²) in [7, 11) is 0. The number of carbonyl (C=O) groups excluding carboxylic acids is 1. The zero-order valence-corrected chi connectivity index (χ0v) is 20.4. The molecule has 156 valence electrons. The van der Waals surface area contributed by atoms with Gasteiger partial charge in [0, 0.05) is 12.0 Å². The Morgan fingerprint density at radius 2 is 1.83 bits per heavy atom. The number of hydrogen-bond acceptors (Lipinski definition) is 3. The summed E-state index contributed by atoms with van der Waals surface area (Å²) in [5.41, 5.74) is 0.648. The van der Waals surface area contributed by atoms with Crippen molar-refractivity contribution in [2.24, 2.45) is 17.3 Å². The lowest BCUT2D eigenvalue weighted by molar-refractivity contribution is -0.149. The molecule has 0 N–H and O–H groups in total. The van der Waals surface area contributed by atoms with Gasteiger partial charge >= 0.3 is 5.97 Å². The fraction of sp³-hybridized carbons (Fsp3) is 0.320. The van der Waals surface area contributed by atoms with Crippen LogP contribution in [0.15, 0.2) is 64.1 Å². The van der Waals surface area contributed by atoms with Gasteiger partial charge < -0.3 is 9.47 Å². The van der Waals surface area contributed by atoms with Crippen LogP contribution in [-0.2, 0) is 9.53 Å². The number of carbonyl (C=O) groups is 1. The molecule has 0 spiro atoms. The molecular formula is C25H24Br2O3. The smallest absolute Gasteiger partial charge is 0.311 e. The SMILES string of the molecule is CCC#C[C@@H](OC(=O)[C@@H]1[C@H](C=C(Br)Br)C1(C)C)c1cccc(Oc2ccccc2)c1. The van der Waals surface area contributed by atoms with Gasteiger partial charge in [-0.15, -0.1) is 0 Å². The number of ether oxygens (including phenoxy) is 2. The Morgan fingerprint density at radius 1 is 1.13 bits per heavy atom. The first-order chi connectivity index (χ1) is 14.3. The molecule has 3 rings (SSSR count). The Bertz CT molecular complexity index is 982. The number of para-hydroxylation sites is 1. The first-order valence-corrected chi connectivity index (χ1v) is 11.5. The summed E-state index contributed by atoms with van der Waals surface area (Å²) in [6.45, 7) is 6.12. The monoisotopic (exact) mass is 530 g/mol. The van der Waals surface area contributed by atoms with E-state index in [1.165, 1.54) is 0 Å². The minimum absolute atomic E-state index is 0.117. The number of esters is 1. The first-order valence-electron chi connectivity index (χ1n) is 9.87. The molecule has 1 saturated carbocycles. The summed E-state index contributed by atoms with van der Waals surface area (Å²) in [5, 5.41) is 0. The van der Waals surface area contributed by atoms with E-state index in [0.717, 1.165) is 14.7 Å². The second-order valence-electron chi connectivity index (χ2n) is 7.76. The maximum Gasteiger partial charge on any atom is 0.311 e. The molecule has 1 aliphatic carbocycles. The summed E-state index contributed by atoms with van der Waals surface area (Å²) < 4.78 is 12.7. The van der Waals surface area contributed by atoms with E-state index in [-0.39, 0.29) is 23.2 Å². The Kier molecular flexibility index (Phi) is 7.44. The summed E-state index contributed by atoms with van der Waals surface area (Å²) in [4.78, 5) is 13.0. The highest BCUT2D eigenvalue weighted by Crippen LogP contribution is 2.60. The van der Waals surface area contributed by atoms with Crippen LogP contribution in [0, 0.1) is 29.1 Å². The maximum atomic E-state index is 13.0. The van der Waals surface area contributed by atoms with E-state index in [2.05, 4.69) is 57.5 Å². The Labute approximate surface area is 195 Å². The van der Waals surface area contributed by atoms with Gasteiger partial charge in [0.2, 0.25) is 0 Å². The zero-order valence-electron chi connectivity index (χ0n) is 17.2. The van der Waals surface area contributed by atoms with Crippen LogP contribution in [-0.4, -0.2) is 5.97 Å². The lowest BCUT2D eigenvalue weighted by Crippen LogP contribution is -2.14. The molecule has 5 heteroatoms. The number of halogens is 2. The van der Waals surface area contributed by atoms with E-state index in [1.54, 1.807) is 0 Å². The Balaban J connectivity index is 1.79. The second kappa shape index (κ2) is 9.85. The summed E-state index contributed by atoms with van der Waals surface area (Å²) in [6.07, 6.45) is 2.06. The van der Waals surface area contributed by atoms with Crippen molar-refractivity contribution in [1.82, 2.24) is 0 Å². The molecule has 0 radical (unpaired) electrons. The number of hydrogen-bond donors (Lipinski definition) is 0. The van der Waals surface area contributed by atoms with Gasteiger partial charge in [-0.25, -0.2) is 0 Å². The third-order valence-corrected chi connectivity index (χ3v) is 5.78. The maximum absolute atomic E-state index is 13.0. The third kappa shape index (κ3) is 5.56. The van der Waals surface area contributed by atoms with Crippen molar-refractivity contribution in [3.63, 3.8) is 0 Å². The van der Waals surface area contributed by atoms with Gasteiger partial charge in [-0.1, -0.05) is 69.0 Å². The average molecular weight is 532 g/mol. The first kappa shape index (κ1) is 22.7. The highest BCUT2D eigenvalue weighted by molar-refractivity contribution is 9.28. The van der Waals surface area contributed by atoms with Crippen LogP contribution in [0.2, 0.25) is 0 Å². The predicted molar refractivity (Wildman–Crippen MR) is 127 cm³/mol. The van der Waals surface area contributed by atoms with Crippen LogP contribution >= 0.6 is 31.9 Å². The van der Waals surface area contributed by atoms with Crippen LogP contribution in [0.25, 0.3) is 0 Å². The molecule has 2 aromatic carbocycles. The van der Waals surface area contributed by atoms with Crippen molar-refractivity contribution in [3.05, 3.63) is 69.6 Å². The lowest BCUT2D eigenvalue weighted by atomic mass is 10.1. The summed E-state index contributed by atoms with van der Waals surface area (Å²) in [5.74, 6) is 7.25. The topological polar surface area (TPSA) is 35.5 Å². The van der Waals surface area contributed by atoms with E-state index < -0.39 is 6.10 Å².